The van der Waals surface area contributed by atoms with Crippen molar-refractivity contribution in [1.82, 2.24) is 24.9 Å². The summed E-state index contributed by atoms with van der Waals surface area (Å²) >= 11 is 5.83. The van der Waals surface area contributed by atoms with E-state index < -0.39 is 91.3 Å². The lowest BCUT2D eigenvalue weighted by Gasteiger charge is -2.12. The Hall–Kier alpha value is -13.7. The van der Waals surface area contributed by atoms with E-state index in [2.05, 4.69) is 132 Å². The van der Waals surface area contributed by atoms with Gasteiger partial charge in [-0.2, -0.15) is 40.7 Å². The van der Waals surface area contributed by atoms with Crippen molar-refractivity contribution >= 4 is 211 Å². The third-order valence-electron chi connectivity index (χ3n) is 19.7. The Bertz CT molecular complexity index is 7150. The van der Waals surface area contributed by atoms with Gasteiger partial charge in [0.05, 0.1) is 42.3 Å². The fraction of sp³-hybridized carbons (Fsp3) is 0.0444. The Balaban J connectivity index is 0.000000187. The van der Waals surface area contributed by atoms with Gasteiger partial charge in [-0.3, -0.25) is 49.9 Å². The summed E-state index contributed by atoms with van der Waals surface area (Å²) in [7, 11) is 0. The number of oxime groups is 1. The maximum absolute atomic E-state index is 15.1. The molecule has 136 heavy (non-hydrogen) atoms. The number of hydrogen-bond donors (Lipinski definition) is 16. The van der Waals surface area contributed by atoms with Gasteiger partial charge in [0.2, 0.25) is 44.3 Å². The maximum atomic E-state index is 15.1. The number of anilines is 5. The second kappa shape index (κ2) is 48.5. The number of fused-ring (bicyclic) bond motifs is 1. The molecule has 0 saturated heterocycles. The van der Waals surface area contributed by atoms with E-state index in [-0.39, 0.29) is 81.9 Å². The number of nitrogens with zero attached hydrogens (tertiary/aromatic N) is 6. The molecule has 8 aromatic carbocycles. The minimum Gasteiger partial charge on any atom is -0.507 e. The Morgan fingerprint density at radius 1 is 0.390 bits per heavy atom. The summed E-state index contributed by atoms with van der Waals surface area (Å²) in [6.07, 6.45) is 13.2. The molecule has 0 radical (unpaired) electrons. The van der Waals surface area contributed by atoms with Crippen LogP contribution in [0.3, 0.4) is 0 Å². The zero-order valence-corrected chi connectivity index (χ0v) is 80.5. The molecule has 0 spiro atoms. The van der Waals surface area contributed by atoms with Crippen molar-refractivity contribution < 1.29 is 81.0 Å². The van der Waals surface area contributed by atoms with E-state index in [1.165, 1.54) is 114 Å². The number of amidine groups is 3. The number of pyridine rings is 5. The largest absolute Gasteiger partial charge is 0.507 e. The Labute approximate surface area is 815 Å². The van der Waals surface area contributed by atoms with Crippen molar-refractivity contribution in [2.45, 2.75) is 47.3 Å². The summed E-state index contributed by atoms with van der Waals surface area (Å²) in [5.74, 6) is 11.8. The number of phenols is 1. The van der Waals surface area contributed by atoms with Crippen LogP contribution in [0.2, 0.25) is 0 Å². The monoisotopic (exact) mass is 2180 g/mol. The number of nitrogens with one attached hydrogen (secondary N) is 6. The minimum atomic E-state index is -1.93. The molecule has 0 aliphatic rings. The highest BCUT2D eigenvalue weighted by atomic mass is 79.9. The van der Waals surface area contributed by atoms with Crippen LogP contribution in [0.1, 0.15) is 66.6 Å². The van der Waals surface area contributed by atoms with Crippen molar-refractivity contribution in [3.63, 3.8) is 0 Å². The van der Waals surface area contributed by atoms with Gasteiger partial charge in [-0.05, 0) is 268 Å². The lowest BCUT2D eigenvalue weighted by Crippen LogP contribution is -2.14. The van der Waals surface area contributed by atoms with Gasteiger partial charge in [-0.1, -0.05) is 78.0 Å². The highest BCUT2D eigenvalue weighted by molar-refractivity contribution is 9.11. The summed E-state index contributed by atoms with van der Waals surface area (Å²) in [4.78, 5) is 71.2. The van der Waals surface area contributed by atoms with Crippen LogP contribution in [-0.4, -0.2) is 93.2 Å². The Morgan fingerprint density at radius 3 is 1.01 bits per heavy atom. The maximum Gasteiger partial charge on any atom is 0.284 e. The number of allylic oxidation sites excluding steroid dienone is 4. The predicted molar refractivity (Wildman–Crippen MR) is 527 cm³/mol. The van der Waals surface area contributed by atoms with Gasteiger partial charge in [-0.25, -0.2) is 39.4 Å². The molecule has 5 heterocycles. The smallest absolute Gasteiger partial charge is 0.284 e. The number of nitrogens with two attached hydrogens (primary N) is 8. The van der Waals surface area contributed by atoms with Crippen LogP contribution in [0.15, 0.2) is 310 Å². The average Bonchev–Trinajstić information content (AvgIpc) is 0.816. The second-order valence-corrected chi connectivity index (χ2v) is 35.8. The molecule has 700 valence electrons. The number of benzene rings is 8. The normalized spacial score (nSPS) is 12.8. The molecule has 4 atom stereocenters. The summed E-state index contributed by atoms with van der Waals surface area (Å²) in [5, 5.41) is 48.4. The molecule has 24 N–H and O–H groups in total. The second-order valence-electron chi connectivity index (χ2n) is 28.0. The molecule has 13 aromatic rings. The molecule has 34 nitrogen and oxygen atoms in total. The summed E-state index contributed by atoms with van der Waals surface area (Å²) < 4.78 is 127. The number of rotatable bonds is 27. The highest BCUT2D eigenvalue weighted by Crippen LogP contribution is 2.40. The molecule has 0 saturated carbocycles. The van der Waals surface area contributed by atoms with Crippen LogP contribution in [0, 0.1) is 10.8 Å². The quantitative estimate of drug-likeness (QED) is 0.00568. The van der Waals surface area contributed by atoms with Crippen molar-refractivity contribution in [2.75, 3.05) is 27.0 Å². The number of carbonyl (C=O) groups is 4. The molecule has 5 aromatic heterocycles. The van der Waals surface area contributed by atoms with E-state index in [4.69, 9.17) is 62.5 Å². The average molecular weight is 2190 g/mol. The fourth-order valence-electron chi connectivity index (χ4n) is 12.6. The number of phenolic OH excluding ortho intramolecular Hbond substituents is 1. The number of amides is 4. The van der Waals surface area contributed by atoms with Crippen LogP contribution < -0.4 is 67.8 Å². The zero-order chi connectivity index (χ0) is 99.1. The van der Waals surface area contributed by atoms with E-state index in [1.54, 1.807) is 158 Å². The fourth-order valence-corrected chi connectivity index (χ4v) is 16.9. The summed E-state index contributed by atoms with van der Waals surface area (Å²) in [6, 6.07) is 49.9. The van der Waals surface area contributed by atoms with E-state index in [0.29, 0.717) is 118 Å². The number of nitrogen functional groups attached to an aromatic ring is 3. The molecule has 46 heteroatoms. The molecule has 4 amide bonds. The topological polar surface area (TPSA) is 595 Å². The van der Waals surface area contributed by atoms with E-state index >= 15 is 4.39 Å². The number of aromatic hydroxyl groups is 1. The molecule has 0 aliphatic heterocycles. The number of hydrogen-bond acceptors (Lipinski definition) is 27. The zero-order valence-electron chi connectivity index (χ0n) is 70.8. The highest BCUT2D eigenvalue weighted by Gasteiger charge is 2.26. The minimum absolute atomic E-state index is 0.0371. The third kappa shape index (κ3) is 26.1. The molecule has 13 rings (SSSR count). The number of halogens is 8. The van der Waals surface area contributed by atoms with E-state index in [1.807, 2.05) is 0 Å². The first-order chi connectivity index (χ1) is 64.9. The van der Waals surface area contributed by atoms with Gasteiger partial charge in [0.1, 0.15) is 23.2 Å². The van der Waals surface area contributed by atoms with Crippen LogP contribution in [0.4, 0.5) is 46.1 Å². The third-order valence-corrected chi connectivity index (χ3v) is 25.7. The molecule has 4 unspecified atom stereocenters. The first-order valence-corrected chi connectivity index (χ1v) is 46.1. The summed E-state index contributed by atoms with van der Waals surface area (Å²) in [5.41, 5.74) is 31.2. The van der Waals surface area contributed by atoms with Crippen LogP contribution >= 0.6 is 63.7 Å². The lowest BCUT2D eigenvalue weighted by molar-refractivity contribution is -0.114. The van der Waals surface area contributed by atoms with Gasteiger partial charge in [0.15, 0.2) is 29.1 Å². The predicted octanol–water partition coefficient (Wildman–Crippen LogP) is 16.6. The molecule has 0 fully saturated rings. The molecule has 0 bridgehead atoms. The van der Waals surface area contributed by atoms with Crippen LogP contribution in [-0.2, 0) is 80.6 Å². The molecular formula is C90H76Br4F4N20O14S4. The Kier molecular flexibility index (Phi) is 37.2. The number of carbonyl (C=O) groups excluding carboxylic acids is 4. The van der Waals surface area contributed by atoms with Gasteiger partial charge in [0.25, 0.3) is 23.6 Å². The van der Waals surface area contributed by atoms with Crippen molar-refractivity contribution in [3.8, 4) is 50.3 Å². The van der Waals surface area contributed by atoms with Crippen molar-refractivity contribution in [1.29, 1.82) is 10.8 Å². The van der Waals surface area contributed by atoms with Crippen molar-refractivity contribution in [2.24, 2.45) is 45.9 Å². The van der Waals surface area contributed by atoms with Crippen LogP contribution in [0.5, 0.6) is 5.75 Å². The van der Waals surface area contributed by atoms with E-state index in [0.717, 1.165) is 5.39 Å². The first kappa shape index (κ1) is 104. The van der Waals surface area contributed by atoms with Crippen molar-refractivity contribution in [3.05, 3.63) is 324 Å². The first-order valence-electron chi connectivity index (χ1n) is 38.6. The van der Waals surface area contributed by atoms with Gasteiger partial charge < -0.3 is 54.5 Å². The SMILES string of the molecule is C/C(=C(\F)C(=O)Nc1ccc(-c2ccncc2S(=O)ON)cc1Br)c1cc(C(=N)N)ccc1O.C/C(=C(\F)C(=O)Nc1ccc(-c2ccncc2S(=O)ON)cc1Br)c1ccc2ccnc(N)c2c1.C/C(=C(\F)C(=O)Nc1ccc(-c2ccncc2S(=O)ON)cc1Br)c1cccc(/C(N)=N/O)c1.C/C(=C(\F)C(=O)Nc1ccc(-c2ccncc2S(=O)ON)cc1Br)c1cccc(C(=N)N)c1. The lowest BCUT2D eigenvalue weighted by atomic mass is 10.0. The van der Waals surface area contributed by atoms with Gasteiger partial charge in [0, 0.05) is 129 Å². The summed E-state index contributed by atoms with van der Waals surface area (Å²) in [6.45, 7) is 5.77. The Morgan fingerprint density at radius 2 is 0.691 bits per heavy atom. The van der Waals surface area contributed by atoms with E-state index in [9.17, 15) is 54.3 Å². The van der Waals surface area contributed by atoms with Gasteiger partial charge >= 0.3 is 0 Å². The molecular weight excluding hydrogens is 2110 g/mol. The number of aromatic nitrogens is 5. The molecule has 0 aliphatic carbocycles. The van der Waals surface area contributed by atoms with Gasteiger partial charge in [-0.15, -0.1) is 0 Å². The van der Waals surface area contributed by atoms with Crippen LogP contribution in [0.25, 0.3) is 77.6 Å². The standard InChI is InChI=1S/C24H19BrFN5O3S.2C22H19BrFN5O4S.C22H19BrFN5O3S/c1-13(15-3-2-14-6-9-30-23(27)18(14)10-15)22(26)24(32)31-20-5-4-16(11-19(20)25)17-7-8-29-12-21(17)35(33)34-28;1-11(15-8-13(21(25)26)3-5-18(15)30)20(24)22(31)29-17-4-2-12(9-16(17)23)14-6-7-28-10-19(14)34(32)33-27;1-12(13-3-2-4-15(9-13)21(25)29-31)20(24)22(30)28-18-6-5-14(10-17(18)23)16-7-8-27-11-19(16)34(32)33-26;1-12(13-3-2-4-15(9-13)21(25)26)20(24)22(30)29-18-6-5-14(10-17(18)23)16-7-8-28-11-19(16)33(31)32-27/h2-12H,28H2,1H3,(H2,27,30)(H,31,32);2-10,30H,27H2,1H3,(H3,25,26)(H,29,31);2-11,31H,26H2,1H3,(H2,25,29)(H,28,30);2-11H,27H2,1H3,(H3,25,26)(H,29,30)/b22-13+;20-11+;2*20-12+.